The molecule has 1 aromatic heterocycles. The van der Waals surface area contributed by atoms with Gasteiger partial charge < -0.3 is 10.4 Å². The molecule has 3 nitrogen and oxygen atoms in total. The molecule has 104 valence electrons. The number of nitrogens with zero attached hydrogens (tertiary/aromatic N) is 1. The van der Waals surface area contributed by atoms with Crippen LogP contribution in [0.3, 0.4) is 0 Å². The van der Waals surface area contributed by atoms with Gasteiger partial charge in [-0.05, 0) is 57.2 Å². The first kappa shape index (κ1) is 13.1. The molecular weight excluding hydrogens is 236 g/mol. The molecule has 0 aromatic carbocycles. The molecule has 3 atom stereocenters. The Labute approximate surface area is 115 Å². The molecular formula is C16H24N2O. The van der Waals surface area contributed by atoms with Gasteiger partial charge in [0.2, 0.25) is 0 Å². The molecule has 1 saturated heterocycles. The topological polar surface area (TPSA) is 45.1 Å². The molecule has 0 bridgehead atoms. The van der Waals surface area contributed by atoms with Crippen molar-refractivity contribution in [2.45, 2.75) is 63.0 Å². The number of aromatic nitrogens is 1. The number of hydrogen-bond acceptors (Lipinski definition) is 3. The Hall–Kier alpha value is -0.930. The highest BCUT2D eigenvalue weighted by Crippen LogP contribution is 2.41. The van der Waals surface area contributed by atoms with Crippen molar-refractivity contribution in [3.63, 3.8) is 0 Å². The van der Waals surface area contributed by atoms with Crippen LogP contribution in [-0.4, -0.2) is 28.3 Å². The summed E-state index contributed by atoms with van der Waals surface area (Å²) >= 11 is 0. The fourth-order valence-corrected chi connectivity index (χ4v) is 3.76. The van der Waals surface area contributed by atoms with Crippen LogP contribution in [0.15, 0.2) is 18.3 Å². The molecule has 0 saturated carbocycles. The molecule has 1 aliphatic carbocycles. The maximum atomic E-state index is 10.9. The van der Waals surface area contributed by atoms with Gasteiger partial charge in [0.25, 0.3) is 0 Å². The van der Waals surface area contributed by atoms with Gasteiger partial charge in [-0.3, -0.25) is 4.98 Å². The molecule has 2 heterocycles. The van der Waals surface area contributed by atoms with Gasteiger partial charge in [0, 0.05) is 23.9 Å². The van der Waals surface area contributed by atoms with Crippen LogP contribution < -0.4 is 5.32 Å². The van der Waals surface area contributed by atoms with Gasteiger partial charge in [0.05, 0.1) is 5.60 Å². The van der Waals surface area contributed by atoms with Crippen LogP contribution in [0.2, 0.25) is 0 Å². The third-order valence-corrected chi connectivity index (χ3v) is 4.78. The first-order chi connectivity index (χ1) is 9.17. The van der Waals surface area contributed by atoms with E-state index >= 15 is 0 Å². The number of piperidine rings is 1. The molecule has 1 fully saturated rings. The Balaban J connectivity index is 1.73. The van der Waals surface area contributed by atoms with E-state index in [0.717, 1.165) is 31.5 Å². The lowest BCUT2D eigenvalue weighted by molar-refractivity contribution is 0.00895. The van der Waals surface area contributed by atoms with Gasteiger partial charge >= 0.3 is 0 Å². The molecule has 1 aliphatic heterocycles. The van der Waals surface area contributed by atoms with E-state index in [0.29, 0.717) is 6.04 Å². The summed E-state index contributed by atoms with van der Waals surface area (Å²) in [6.07, 6.45) is 8.53. The van der Waals surface area contributed by atoms with E-state index in [-0.39, 0.29) is 5.92 Å². The zero-order chi connectivity index (χ0) is 13.3. The summed E-state index contributed by atoms with van der Waals surface area (Å²) in [6, 6.07) is 4.62. The summed E-state index contributed by atoms with van der Waals surface area (Å²) in [4.78, 5) is 4.52. The summed E-state index contributed by atoms with van der Waals surface area (Å²) in [5, 5.41) is 14.5. The SMILES string of the molecule is CC(O)(CC1CCCCN1)C1CCc2cccnc21. The van der Waals surface area contributed by atoms with Crippen LogP contribution in [-0.2, 0) is 6.42 Å². The highest BCUT2D eigenvalue weighted by atomic mass is 16.3. The zero-order valence-corrected chi connectivity index (χ0v) is 11.7. The molecule has 3 unspecified atom stereocenters. The average molecular weight is 260 g/mol. The lowest BCUT2D eigenvalue weighted by atomic mass is 9.80. The minimum atomic E-state index is -0.644. The van der Waals surface area contributed by atoms with Gasteiger partial charge in [0.1, 0.15) is 0 Å². The van der Waals surface area contributed by atoms with Crippen LogP contribution in [0.5, 0.6) is 0 Å². The number of hydrogen-bond donors (Lipinski definition) is 2. The number of aryl methyl sites for hydroxylation is 1. The summed E-state index contributed by atoms with van der Waals surface area (Å²) in [5.74, 6) is 0.201. The Kier molecular flexibility index (Phi) is 3.59. The van der Waals surface area contributed by atoms with Crippen molar-refractivity contribution in [3.8, 4) is 0 Å². The van der Waals surface area contributed by atoms with Crippen molar-refractivity contribution < 1.29 is 5.11 Å². The maximum Gasteiger partial charge on any atom is 0.0718 e. The van der Waals surface area contributed by atoms with E-state index in [1.165, 1.54) is 24.8 Å². The van der Waals surface area contributed by atoms with Crippen LogP contribution in [0.4, 0.5) is 0 Å². The summed E-state index contributed by atoms with van der Waals surface area (Å²) in [5.41, 5.74) is 1.81. The fourth-order valence-electron chi connectivity index (χ4n) is 3.76. The summed E-state index contributed by atoms with van der Waals surface area (Å²) in [7, 11) is 0. The predicted octanol–water partition coefficient (Wildman–Crippen LogP) is 2.39. The number of nitrogens with one attached hydrogen (secondary N) is 1. The number of fused-ring (bicyclic) bond motifs is 1. The Morgan fingerprint density at radius 1 is 1.42 bits per heavy atom. The van der Waals surface area contributed by atoms with Crippen LogP contribution in [0, 0.1) is 0 Å². The second kappa shape index (κ2) is 5.22. The average Bonchev–Trinajstić information content (AvgIpc) is 2.84. The normalized spacial score (nSPS) is 29.8. The molecule has 1 aromatic rings. The number of pyridine rings is 1. The second-order valence-electron chi connectivity index (χ2n) is 6.35. The van der Waals surface area contributed by atoms with E-state index < -0.39 is 5.60 Å². The third-order valence-electron chi connectivity index (χ3n) is 4.78. The van der Waals surface area contributed by atoms with E-state index in [9.17, 15) is 5.11 Å². The van der Waals surface area contributed by atoms with E-state index in [4.69, 9.17) is 0 Å². The van der Waals surface area contributed by atoms with Gasteiger partial charge in [-0.1, -0.05) is 12.5 Å². The molecule has 0 radical (unpaired) electrons. The quantitative estimate of drug-likeness (QED) is 0.877. The van der Waals surface area contributed by atoms with E-state index in [1.807, 2.05) is 19.2 Å². The summed E-state index contributed by atoms with van der Waals surface area (Å²) in [6.45, 7) is 3.10. The van der Waals surface area contributed by atoms with E-state index in [2.05, 4.69) is 16.4 Å². The zero-order valence-electron chi connectivity index (χ0n) is 11.7. The number of rotatable bonds is 3. The monoisotopic (exact) mass is 260 g/mol. The first-order valence-electron chi connectivity index (χ1n) is 7.56. The van der Waals surface area contributed by atoms with Crippen molar-refractivity contribution in [3.05, 3.63) is 29.6 Å². The first-order valence-corrected chi connectivity index (χ1v) is 7.56. The summed E-state index contributed by atoms with van der Waals surface area (Å²) < 4.78 is 0. The Bertz CT molecular complexity index is 438. The van der Waals surface area contributed by atoms with Crippen molar-refractivity contribution in [2.24, 2.45) is 0 Å². The number of aliphatic hydroxyl groups is 1. The lowest BCUT2D eigenvalue weighted by Crippen LogP contribution is -2.43. The molecule has 2 N–H and O–H groups in total. The van der Waals surface area contributed by atoms with Crippen molar-refractivity contribution in [2.75, 3.05) is 6.54 Å². The van der Waals surface area contributed by atoms with Gasteiger partial charge in [-0.15, -0.1) is 0 Å². The van der Waals surface area contributed by atoms with Crippen LogP contribution in [0.1, 0.15) is 56.2 Å². The van der Waals surface area contributed by atoms with Gasteiger partial charge in [-0.2, -0.15) is 0 Å². The minimum absolute atomic E-state index is 0.201. The van der Waals surface area contributed by atoms with Crippen LogP contribution >= 0.6 is 0 Å². The standard InChI is InChI=1S/C16H24N2O/c1-16(19,11-13-6-2-3-9-17-13)14-8-7-12-5-4-10-18-15(12)14/h4-5,10,13-14,17,19H,2-3,6-9,11H2,1H3. The van der Waals surface area contributed by atoms with Gasteiger partial charge in [0.15, 0.2) is 0 Å². The van der Waals surface area contributed by atoms with Crippen molar-refractivity contribution >= 4 is 0 Å². The molecule has 2 aliphatic rings. The molecule has 0 amide bonds. The highest BCUT2D eigenvalue weighted by Gasteiger charge is 2.40. The second-order valence-corrected chi connectivity index (χ2v) is 6.35. The highest BCUT2D eigenvalue weighted by molar-refractivity contribution is 5.31. The minimum Gasteiger partial charge on any atom is -0.389 e. The Morgan fingerprint density at radius 3 is 3.11 bits per heavy atom. The van der Waals surface area contributed by atoms with Crippen molar-refractivity contribution in [1.29, 1.82) is 0 Å². The predicted molar refractivity (Wildman–Crippen MR) is 76.2 cm³/mol. The van der Waals surface area contributed by atoms with Crippen LogP contribution in [0.25, 0.3) is 0 Å². The lowest BCUT2D eigenvalue weighted by Gasteiger charge is -2.35. The third kappa shape index (κ3) is 2.67. The molecule has 19 heavy (non-hydrogen) atoms. The Morgan fingerprint density at radius 2 is 2.32 bits per heavy atom. The molecule has 3 rings (SSSR count). The smallest absolute Gasteiger partial charge is 0.0718 e. The van der Waals surface area contributed by atoms with E-state index in [1.54, 1.807) is 0 Å². The maximum absolute atomic E-state index is 10.9. The fraction of sp³-hybridized carbons (Fsp3) is 0.688. The van der Waals surface area contributed by atoms with Gasteiger partial charge in [-0.25, -0.2) is 0 Å². The molecule has 3 heteroatoms. The molecule has 0 spiro atoms. The largest absolute Gasteiger partial charge is 0.389 e. The van der Waals surface area contributed by atoms with Crippen molar-refractivity contribution in [1.82, 2.24) is 10.3 Å².